The van der Waals surface area contributed by atoms with E-state index in [0.717, 1.165) is 24.8 Å². The van der Waals surface area contributed by atoms with Crippen molar-refractivity contribution < 1.29 is 22.7 Å². The number of anilines is 1. The average molecular weight is 457 g/mol. The molecular formula is C24H28N2O5S. The summed E-state index contributed by atoms with van der Waals surface area (Å²) in [7, 11) is -2.38. The van der Waals surface area contributed by atoms with E-state index < -0.39 is 16.1 Å². The minimum absolute atomic E-state index is 0.102. The Morgan fingerprint density at radius 3 is 2.66 bits per heavy atom. The van der Waals surface area contributed by atoms with Crippen LogP contribution in [0, 0.1) is 6.92 Å². The third-order valence-electron chi connectivity index (χ3n) is 5.80. The van der Waals surface area contributed by atoms with Crippen LogP contribution >= 0.6 is 0 Å². The average Bonchev–Trinajstić information content (AvgIpc) is 2.82. The number of rotatable bonds is 6. The van der Waals surface area contributed by atoms with Gasteiger partial charge in [-0.25, -0.2) is 8.42 Å². The van der Waals surface area contributed by atoms with Gasteiger partial charge in [-0.15, -0.1) is 0 Å². The lowest BCUT2D eigenvalue weighted by atomic mass is 10.00. The summed E-state index contributed by atoms with van der Waals surface area (Å²) in [5.74, 6) is 0.625. The number of carbonyl (C=O) groups excluding carboxylic acids is 1. The number of ether oxygens (including phenoxy) is 2. The molecule has 0 saturated heterocycles. The molecule has 32 heavy (non-hydrogen) atoms. The molecule has 1 aliphatic heterocycles. The lowest BCUT2D eigenvalue weighted by Crippen LogP contribution is -2.51. The summed E-state index contributed by atoms with van der Waals surface area (Å²) >= 11 is 0. The SMILES string of the molecule is COc1ccc(S(=O)(=O)N2CC(C(=O)NCC3=CCCCC3)Oc3cc(C)ccc32)cc1. The van der Waals surface area contributed by atoms with Crippen LogP contribution in [0.3, 0.4) is 0 Å². The van der Waals surface area contributed by atoms with Crippen LogP contribution in [0.25, 0.3) is 0 Å². The van der Waals surface area contributed by atoms with Gasteiger partial charge in [-0.05, 0) is 74.6 Å². The van der Waals surface area contributed by atoms with Gasteiger partial charge in [0.1, 0.15) is 11.5 Å². The maximum atomic E-state index is 13.5. The van der Waals surface area contributed by atoms with Gasteiger partial charge in [0.2, 0.25) is 0 Å². The second-order valence-corrected chi connectivity index (χ2v) is 9.98. The highest BCUT2D eigenvalue weighted by Gasteiger charge is 2.37. The fourth-order valence-electron chi connectivity index (χ4n) is 3.98. The predicted octanol–water partition coefficient (Wildman–Crippen LogP) is 3.58. The Balaban J connectivity index is 1.61. The van der Waals surface area contributed by atoms with Gasteiger partial charge in [-0.1, -0.05) is 17.7 Å². The highest BCUT2D eigenvalue weighted by Crippen LogP contribution is 2.38. The first-order valence-electron chi connectivity index (χ1n) is 10.8. The number of sulfonamides is 1. The molecule has 1 atom stereocenters. The summed E-state index contributed by atoms with van der Waals surface area (Å²) in [5, 5.41) is 2.92. The molecule has 0 fully saturated rings. The van der Waals surface area contributed by atoms with E-state index in [4.69, 9.17) is 9.47 Å². The Kier molecular flexibility index (Phi) is 6.41. The van der Waals surface area contributed by atoms with Crippen molar-refractivity contribution in [1.82, 2.24) is 5.32 Å². The summed E-state index contributed by atoms with van der Waals surface area (Å²) in [6.45, 7) is 2.26. The quantitative estimate of drug-likeness (QED) is 0.672. The Labute approximate surface area is 189 Å². The monoisotopic (exact) mass is 456 g/mol. The number of nitrogens with zero attached hydrogens (tertiary/aromatic N) is 1. The normalized spacial score (nSPS) is 18.2. The van der Waals surface area contributed by atoms with Crippen molar-refractivity contribution in [2.75, 3.05) is 24.5 Å². The Morgan fingerprint density at radius 2 is 1.97 bits per heavy atom. The molecule has 2 aromatic carbocycles. The Hall–Kier alpha value is -3.00. The van der Waals surface area contributed by atoms with E-state index in [2.05, 4.69) is 11.4 Å². The summed E-state index contributed by atoms with van der Waals surface area (Å²) < 4.78 is 39.3. The van der Waals surface area contributed by atoms with Gasteiger partial charge in [0, 0.05) is 6.54 Å². The number of hydrogen-bond acceptors (Lipinski definition) is 5. The number of hydrogen-bond donors (Lipinski definition) is 1. The molecule has 4 rings (SSSR count). The second kappa shape index (κ2) is 9.24. The lowest BCUT2D eigenvalue weighted by molar-refractivity contribution is -0.127. The van der Waals surface area contributed by atoms with Crippen LogP contribution in [0.5, 0.6) is 11.5 Å². The van der Waals surface area contributed by atoms with Crippen LogP contribution in [0.4, 0.5) is 5.69 Å². The largest absolute Gasteiger partial charge is 0.497 e. The van der Waals surface area contributed by atoms with Gasteiger partial charge in [-0.2, -0.15) is 0 Å². The summed E-state index contributed by atoms with van der Waals surface area (Å²) in [6.07, 6.45) is 5.54. The molecule has 1 N–H and O–H groups in total. The number of allylic oxidation sites excluding steroid dienone is 1. The van der Waals surface area contributed by atoms with E-state index in [1.54, 1.807) is 24.3 Å². The van der Waals surface area contributed by atoms with Crippen LogP contribution in [0.15, 0.2) is 59.0 Å². The van der Waals surface area contributed by atoms with Crippen LogP contribution in [0.2, 0.25) is 0 Å². The first-order valence-corrected chi connectivity index (χ1v) is 12.2. The molecule has 0 saturated carbocycles. The highest BCUT2D eigenvalue weighted by atomic mass is 32.2. The zero-order valence-corrected chi connectivity index (χ0v) is 19.2. The van der Waals surface area contributed by atoms with Crippen molar-refractivity contribution in [1.29, 1.82) is 0 Å². The van der Waals surface area contributed by atoms with Crippen molar-refractivity contribution in [3.05, 3.63) is 59.7 Å². The maximum absolute atomic E-state index is 13.5. The zero-order chi connectivity index (χ0) is 22.7. The smallest absolute Gasteiger partial charge is 0.264 e. The van der Waals surface area contributed by atoms with Gasteiger partial charge in [0.05, 0.1) is 24.2 Å². The fraction of sp³-hybridized carbons (Fsp3) is 0.375. The van der Waals surface area contributed by atoms with E-state index >= 15 is 0 Å². The number of nitrogens with one attached hydrogen (secondary N) is 1. The molecule has 1 heterocycles. The van der Waals surface area contributed by atoms with Gasteiger partial charge in [-0.3, -0.25) is 9.10 Å². The molecule has 2 aliphatic rings. The molecule has 2 aromatic rings. The third-order valence-corrected chi connectivity index (χ3v) is 7.59. The van der Waals surface area contributed by atoms with Crippen LogP contribution in [-0.4, -0.2) is 40.6 Å². The molecule has 1 amide bonds. The van der Waals surface area contributed by atoms with E-state index in [1.165, 1.54) is 35.5 Å². The van der Waals surface area contributed by atoms with Crippen LogP contribution in [0.1, 0.15) is 31.2 Å². The minimum Gasteiger partial charge on any atom is -0.497 e. The summed E-state index contributed by atoms with van der Waals surface area (Å²) in [6, 6.07) is 11.5. The molecule has 0 bridgehead atoms. The minimum atomic E-state index is -3.91. The molecule has 8 heteroatoms. The van der Waals surface area contributed by atoms with Gasteiger partial charge in [0.15, 0.2) is 6.10 Å². The van der Waals surface area contributed by atoms with Gasteiger partial charge in [0.25, 0.3) is 15.9 Å². The van der Waals surface area contributed by atoms with Crippen LogP contribution in [-0.2, 0) is 14.8 Å². The first-order chi connectivity index (χ1) is 15.4. The zero-order valence-electron chi connectivity index (χ0n) is 18.3. The number of amides is 1. The van der Waals surface area contributed by atoms with Crippen molar-refractivity contribution >= 4 is 21.6 Å². The molecule has 170 valence electrons. The van der Waals surface area contributed by atoms with E-state index in [0.29, 0.717) is 23.7 Å². The highest BCUT2D eigenvalue weighted by molar-refractivity contribution is 7.92. The molecule has 0 spiro atoms. The van der Waals surface area contributed by atoms with E-state index in [1.807, 2.05) is 13.0 Å². The second-order valence-electron chi connectivity index (χ2n) is 8.12. The predicted molar refractivity (Wildman–Crippen MR) is 123 cm³/mol. The lowest BCUT2D eigenvalue weighted by Gasteiger charge is -2.35. The van der Waals surface area contributed by atoms with E-state index in [9.17, 15) is 13.2 Å². The van der Waals surface area contributed by atoms with Crippen molar-refractivity contribution in [3.63, 3.8) is 0 Å². The standard InChI is InChI=1S/C24H28N2O5S/c1-17-8-13-21-22(14-17)31-23(24(27)25-15-18-6-4-3-5-7-18)16-26(21)32(28,29)20-11-9-19(30-2)10-12-20/h6,8-14,23H,3-5,7,15-16H2,1-2H3,(H,25,27). The molecule has 1 aliphatic carbocycles. The van der Waals surface area contributed by atoms with Crippen LogP contribution < -0.4 is 19.1 Å². The topological polar surface area (TPSA) is 84.9 Å². The molecule has 0 radical (unpaired) electrons. The Bertz CT molecular complexity index is 1130. The number of carbonyl (C=O) groups is 1. The van der Waals surface area contributed by atoms with Gasteiger partial charge < -0.3 is 14.8 Å². The first kappa shape index (κ1) is 22.2. The summed E-state index contributed by atoms with van der Waals surface area (Å²) in [4.78, 5) is 13.1. The van der Waals surface area contributed by atoms with Crippen molar-refractivity contribution in [3.8, 4) is 11.5 Å². The number of fused-ring (bicyclic) bond motifs is 1. The maximum Gasteiger partial charge on any atom is 0.264 e. The summed E-state index contributed by atoms with van der Waals surface area (Å²) in [5.41, 5.74) is 2.55. The number of aryl methyl sites for hydroxylation is 1. The van der Waals surface area contributed by atoms with E-state index in [-0.39, 0.29) is 17.3 Å². The number of methoxy groups -OCH3 is 1. The molecule has 7 nitrogen and oxygen atoms in total. The molecular weight excluding hydrogens is 428 g/mol. The fourth-order valence-corrected chi connectivity index (χ4v) is 5.46. The third kappa shape index (κ3) is 4.60. The van der Waals surface area contributed by atoms with Gasteiger partial charge >= 0.3 is 0 Å². The van der Waals surface area contributed by atoms with Crippen molar-refractivity contribution in [2.24, 2.45) is 0 Å². The number of benzene rings is 2. The molecule has 1 unspecified atom stereocenters. The van der Waals surface area contributed by atoms with Crippen molar-refractivity contribution in [2.45, 2.75) is 43.6 Å². The molecule has 0 aromatic heterocycles. The Morgan fingerprint density at radius 1 is 1.19 bits per heavy atom.